The Kier molecular flexibility index (Phi) is 4.18. The number of anilines is 1. The number of ether oxygens (including phenoxy) is 1. The first-order valence-electron chi connectivity index (χ1n) is 5.69. The summed E-state index contributed by atoms with van der Waals surface area (Å²) in [6.45, 7) is 4.90. The summed E-state index contributed by atoms with van der Waals surface area (Å²) in [5, 5.41) is 3.38. The highest BCUT2D eigenvalue weighted by molar-refractivity contribution is 9.10. The highest BCUT2D eigenvalue weighted by atomic mass is 79.9. The van der Waals surface area contributed by atoms with Crippen molar-refractivity contribution in [1.29, 1.82) is 0 Å². The summed E-state index contributed by atoms with van der Waals surface area (Å²) in [7, 11) is 0. The van der Waals surface area contributed by atoms with Crippen LogP contribution < -0.4 is 5.32 Å². The lowest BCUT2D eigenvalue weighted by atomic mass is 10.1. The Morgan fingerprint density at radius 1 is 1.62 bits per heavy atom. The number of hydrogen-bond donors (Lipinski definition) is 1. The van der Waals surface area contributed by atoms with Crippen LogP contribution in [0.5, 0.6) is 0 Å². The lowest BCUT2D eigenvalue weighted by Gasteiger charge is -2.11. The number of halogens is 1. The molecule has 2 heterocycles. The molecule has 1 saturated heterocycles. The Hall–Kier alpha value is -0.610. The first kappa shape index (κ1) is 11.9. The molecule has 1 unspecified atom stereocenters. The minimum absolute atomic E-state index is 0.725. The normalized spacial score (nSPS) is 20.0. The van der Waals surface area contributed by atoms with Crippen LogP contribution in [0, 0.1) is 12.8 Å². The Morgan fingerprint density at radius 2 is 2.50 bits per heavy atom. The first-order chi connectivity index (χ1) is 7.75. The van der Waals surface area contributed by atoms with Gasteiger partial charge in [0, 0.05) is 30.4 Å². The van der Waals surface area contributed by atoms with Crippen molar-refractivity contribution in [3.63, 3.8) is 0 Å². The molecule has 0 spiro atoms. The second kappa shape index (κ2) is 5.64. The van der Waals surface area contributed by atoms with Gasteiger partial charge in [0.05, 0.1) is 0 Å². The lowest BCUT2D eigenvalue weighted by Crippen LogP contribution is -2.10. The fourth-order valence-electron chi connectivity index (χ4n) is 1.93. The Balaban J connectivity index is 1.80. The van der Waals surface area contributed by atoms with Gasteiger partial charge in [-0.15, -0.1) is 0 Å². The van der Waals surface area contributed by atoms with Crippen LogP contribution >= 0.6 is 15.9 Å². The molecule has 2 rings (SSSR count). The maximum atomic E-state index is 5.35. The van der Waals surface area contributed by atoms with Gasteiger partial charge in [0.2, 0.25) is 0 Å². The number of nitrogens with one attached hydrogen (secondary N) is 1. The average Bonchev–Trinajstić information content (AvgIpc) is 2.74. The number of hydrogen-bond acceptors (Lipinski definition) is 3. The molecule has 0 saturated carbocycles. The summed E-state index contributed by atoms with van der Waals surface area (Å²) >= 11 is 3.41. The maximum absolute atomic E-state index is 5.35. The number of nitrogens with zero attached hydrogens (tertiary/aromatic N) is 1. The highest BCUT2D eigenvalue weighted by Crippen LogP contribution is 2.19. The smallest absolute Gasteiger partial charge is 0.128 e. The van der Waals surface area contributed by atoms with Crippen molar-refractivity contribution in [3.8, 4) is 0 Å². The van der Waals surface area contributed by atoms with Crippen LogP contribution in [-0.4, -0.2) is 24.7 Å². The third-order valence-corrected chi connectivity index (χ3v) is 3.35. The van der Waals surface area contributed by atoms with Crippen LogP contribution in [-0.2, 0) is 4.74 Å². The molecule has 1 aromatic heterocycles. The molecule has 1 N–H and O–H groups in total. The minimum Gasteiger partial charge on any atom is -0.381 e. The van der Waals surface area contributed by atoms with E-state index in [1.54, 1.807) is 0 Å². The highest BCUT2D eigenvalue weighted by Gasteiger charge is 2.14. The molecule has 4 heteroatoms. The van der Waals surface area contributed by atoms with Crippen molar-refractivity contribution in [2.24, 2.45) is 5.92 Å². The van der Waals surface area contributed by atoms with E-state index in [0.29, 0.717) is 0 Å². The van der Waals surface area contributed by atoms with E-state index in [2.05, 4.69) is 39.2 Å². The molecule has 1 aliphatic rings. The molecule has 1 aromatic rings. The van der Waals surface area contributed by atoms with Crippen LogP contribution in [0.4, 0.5) is 5.82 Å². The minimum atomic E-state index is 0.725. The van der Waals surface area contributed by atoms with E-state index in [1.165, 1.54) is 12.0 Å². The summed E-state index contributed by atoms with van der Waals surface area (Å²) < 4.78 is 6.38. The van der Waals surface area contributed by atoms with Crippen molar-refractivity contribution in [2.75, 3.05) is 25.1 Å². The van der Waals surface area contributed by atoms with Crippen molar-refractivity contribution in [1.82, 2.24) is 4.98 Å². The number of rotatable bonds is 4. The third kappa shape index (κ3) is 3.19. The molecule has 3 nitrogen and oxygen atoms in total. The zero-order valence-electron chi connectivity index (χ0n) is 9.50. The van der Waals surface area contributed by atoms with Crippen molar-refractivity contribution < 1.29 is 4.74 Å². The molecular weight excluding hydrogens is 268 g/mol. The molecule has 88 valence electrons. The van der Waals surface area contributed by atoms with Gasteiger partial charge in [-0.3, -0.25) is 0 Å². The molecule has 0 amide bonds. The number of aryl methyl sites for hydroxylation is 1. The Morgan fingerprint density at radius 3 is 3.19 bits per heavy atom. The summed E-state index contributed by atoms with van der Waals surface area (Å²) in [4.78, 5) is 4.35. The van der Waals surface area contributed by atoms with Crippen LogP contribution in [0.25, 0.3) is 0 Å². The van der Waals surface area contributed by atoms with Gasteiger partial charge in [-0.1, -0.05) is 0 Å². The van der Waals surface area contributed by atoms with Crippen LogP contribution in [0.1, 0.15) is 18.4 Å². The van der Waals surface area contributed by atoms with Gasteiger partial charge in [0.15, 0.2) is 0 Å². The first-order valence-corrected chi connectivity index (χ1v) is 6.49. The van der Waals surface area contributed by atoms with Gasteiger partial charge in [0.25, 0.3) is 0 Å². The Bertz CT molecular complexity index is 351. The molecule has 0 aromatic carbocycles. The average molecular weight is 285 g/mol. The van der Waals surface area contributed by atoms with E-state index in [4.69, 9.17) is 4.74 Å². The van der Waals surface area contributed by atoms with Crippen molar-refractivity contribution >= 4 is 21.7 Å². The Labute approximate surface area is 105 Å². The summed E-state index contributed by atoms with van der Waals surface area (Å²) in [5.74, 6) is 1.71. The number of pyridine rings is 1. The van der Waals surface area contributed by atoms with Gasteiger partial charge in [-0.25, -0.2) is 4.98 Å². The van der Waals surface area contributed by atoms with Crippen LogP contribution in [0.15, 0.2) is 16.7 Å². The molecule has 1 atom stereocenters. The fraction of sp³-hybridized carbons (Fsp3) is 0.583. The maximum Gasteiger partial charge on any atom is 0.128 e. The third-order valence-electron chi connectivity index (χ3n) is 2.91. The van der Waals surface area contributed by atoms with Gasteiger partial charge in [0.1, 0.15) is 5.82 Å². The van der Waals surface area contributed by atoms with E-state index in [-0.39, 0.29) is 0 Å². The van der Waals surface area contributed by atoms with Crippen LogP contribution in [0.3, 0.4) is 0 Å². The molecule has 0 bridgehead atoms. The topological polar surface area (TPSA) is 34.2 Å². The zero-order valence-corrected chi connectivity index (χ0v) is 11.1. The largest absolute Gasteiger partial charge is 0.381 e. The molecule has 0 radical (unpaired) electrons. The standard InChI is InChI=1S/C12H17BrN2O/c1-9-6-11(13)7-15-12(9)14-4-2-10-3-5-16-8-10/h6-7,10H,2-5,8H2,1H3,(H,14,15). The zero-order chi connectivity index (χ0) is 11.4. The van der Waals surface area contributed by atoms with Gasteiger partial charge < -0.3 is 10.1 Å². The van der Waals surface area contributed by atoms with E-state index in [1.807, 2.05) is 6.20 Å². The monoisotopic (exact) mass is 284 g/mol. The van der Waals surface area contributed by atoms with Crippen molar-refractivity contribution in [2.45, 2.75) is 19.8 Å². The molecule has 1 fully saturated rings. The van der Waals surface area contributed by atoms with Gasteiger partial charge >= 0.3 is 0 Å². The molecule has 1 aliphatic heterocycles. The summed E-state index contributed by atoms with van der Waals surface area (Å²) in [5.41, 5.74) is 1.18. The predicted molar refractivity (Wildman–Crippen MR) is 68.7 cm³/mol. The van der Waals surface area contributed by atoms with Gasteiger partial charge in [-0.05, 0) is 53.2 Å². The molecule has 0 aliphatic carbocycles. The van der Waals surface area contributed by atoms with Gasteiger partial charge in [-0.2, -0.15) is 0 Å². The number of aromatic nitrogens is 1. The van der Waals surface area contributed by atoms with E-state index in [0.717, 1.165) is 42.4 Å². The quantitative estimate of drug-likeness (QED) is 0.923. The lowest BCUT2D eigenvalue weighted by molar-refractivity contribution is 0.185. The second-order valence-electron chi connectivity index (χ2n) is 4.26. The van der Waals surface area contributed by atoms with E-state index < -0.39 is 0 Å². The summed E-state index contributed by atoms with van der Waals surface area (Å²) in [6.07, 6.45) is 4.19. The van der Waals surface area contributed by atoms with Crippen LogP contribution in [0.2, 0.25) is 0 Å². The fourth-order valence-corrected chi connectivity index (χ4v) is 2.38. The molecule has 16 heavy (non-hydrogen) atoms. The van der Waals surface area contributed by atoms with E-state index >= 15 is 0 Å². The SMILES string of the molecule is Cc1cc(Br)cnc1NCCC1CCOC1. The predicted octanol–water partition coefficient (Wildman–Crippen LogP) is 2.99. The van der Waals surface area contributed by atoms with Crippen molar-refractivity contribution in [3.05, 3.63) is 22.3 Å². The molecular formula is C12H17BrN2O. The van der Waals surface area contributed by atoms with E-state index in [9.17, 15) is 0 Å². The second-order valence-corrected chi connectivity index (χ2v) is 5.18. The summed E-state index contributed by atoms with van der Waals surface area (Å²) in [6, 6.07) is 2.08.